The first-order chi connectivity index (χ1) is 13.3. The molecule has 0 aliphatic rings. The number of amides is 1. The van der Waals surface area contributed by atoms with Gasteiger partial charge in [-0.05, 0) is 37.3 Å². The van der Waals surface area contributed by atoms with Crippen molar-refractivity contribution in [3.8, 4) is 5.75 Å². The molecular formula is C16H14F3N5O3S. The summed E-state index contributed by atoms with van der Waals surface area (Å²) in [6, 6.07) is 6.68. The van der Waals surface area contributed by atoms with Crippen LogP contribution in [0, 0.1) is 6.92 Å². The van der Waals surface area contributed by atoms with E-state index in [1.54, 1.807) is 10.9 Å². The van der Waals surface area contributed by atoms with Crippen LogP contribution in [0.4, 0.5) is 18.9 Å². The summed E-state index contributed by atoms with van der Waals surface area (Å²) < 4.78 is 47.3. The van der Waals surface area contributed by atoms with Crippen molar-refractivity contribution in [1.82, 2.24) is 20.0 Å². The highest BCUT2D eigenvalue weighted by Gasteiger charge is 2.30. The maximum atomic E-state index is 12.1. The second-order valence-electron chi connectivity index (χ2n) is 5.50. The van der Waals surface area contributed by atoms with Gasteiger partial charge in [-0.3, -0.25) is 9.48 Å². The van der Waals surface area contributed by atoms with Gasteiger partial charge in [-0.15, -0.1) is 23.4 Å². The van der Waals surface area contributed by atoms with E-state index in [1.807, 2.05) is 13.0 Å². The average molecular weight is 413 g/mol. The lowest BCUT2D eigenvalue weighted by molar-refractivity contribution is -0.274. The van der Waals surface area contributed by atoms with Gasteiger partial charge in [-0.2, -0.15) is 5.10 Å². The SMILES string of the molecule is Cc1ccnn1Cc1nnc(SCC(=O)Nc2ccc(OC(F)(F)F)cc2)o1. The molecule has 1 amide bonds. The van der Waals surface area contributed by atoms with Crippen molar-refractivity contribution in [2.75, 3.05) is 11.1 Å². The fraction of sp³-hybridized carbons (Fsp3) is 0.250. The molecule has 0 fully saturated rings. The number of aryl methyl sites for hydroxylation is 1. The predicted molar refractivity (Wildman–Crippen MR) is 92.8 cm³/mol. The number of ether oxygens (including phenoxy) is 1. The molecule has 8 nitrogen and oxygen atoms in total. The molecule has 3 aromatic rings. The average Bonchev–Trinajstić information content (AvgIpc) is 3.23. The molecule has 2 heterocycles. The zero-order chi connectivity index (χ0) is 20.1. The lowest BCUT2D eigenvalue weighted by atomic mass is 10.3. The standard InChI is InChI=1S/C16H14F3N5O3S/c1-10-6-7-20-24(10)8-14-22-23-15(26-14)28-9-13(25)21-11-2-4-12(5-3-11)27-16(17,18)19/h2-7H,8-9H2,1H3,(H,21,25). The first kappa shape index (κ1) is 19.7. The molecule has 1 aromatic carbocycles. The van der Waals surface area contributed by atoms with Gasteiger partial charge in [0.2, 0.25) is 11.8 Å². The molecule has 0 aliphatic heterocycles. The number of anilines is 1. The van der Waals surface area contributed by atoms with Gasteiger partial charge in [0.25, 0.3) is 5.22 Å². The Balaban J connectivity index is 1.47. The van der Waals surface area contributed by atoms with E-state index < -0.39 is 6.36 Å². The lowest BCUT2D eigenvalue weighted by Crippen LogP contribution is -2.17. The summed E-state index contributed by atoms with van der Waals surface area (Å²) in [5.74, 6) is -0.402. The van der Waals surface area contributed by atoms with Crippen molar-refractivity contribution in [1.29, 1.82) is 0 Å². The Morgan fingerprint density at radius 3 is 2.64 bits per heavy atom. The smallest absolute Gasteiger partial charge is 0.414 e. The summed E-state index contributed by atoms with van der Waals surface area (Å²) in [6.45, 7) is 2.22. The van der Waals surface area contributed by atoms with E-state index in [2.05, 4.69) is 25.3 Å². The van der Waals surface area contributed by atoms with Gasteiger partial charge in [0.1, 0.15) is 12.3 Å². The minimum atomic E-state index is -4.76. The van der Waals surface area contributed by atoms with E-state index >= 15 is 0 Å². The number of thioether (sulfide) groups is 1. The Kier molecular flexibility index (Phi) is 5.87. The Bertz CT molecular complexity index is 940. The lowest BCUT2D eigenvalue weighted by Gasteiger charge is -2.09. The molecule has 0 atom stereocenters. The minimum absolute atomic E-state index is 0.0107. The van der Waals surface area contributed by atoms with Crippen molar-refractivity contribution in [3.63, 3.8) is 0 Å². The zero-order valence-electron chi connectivity index (χ0n) is 14.4. The third-order valence-corrected chi connectivity index (χ3v) is 4.18. The van der Waals surface area contributed by atoms with E-state index in [-0.39, 0.29) is 22.6 Å². The number of rotatable bonds is 7. The summed E-state index contributed by atoms with van der Waals surface area (Å²) in [4.78, 5) is 12.0. The number of nitrogens with one attached hydrogen (secondary N) is 1. The van der Waals surface area contributed by atoms with Crippen molar-refractivity contribution in [2.45, 2.75) is 25.1 Å². The summed E-state index contributed by atoms with van der Waals surface area (Å²) in [5, 5.41) is 14.6. The Morgan fingerprint density at radius 2 is 2.00 bits per heavy atom. The van der Waals surface area contributed by atoms with E-state index in [4.69, 9.17) is 4.42 Å². The molecule has 0 unspecified atom stereocenters. The maximum absolute atomic E-state index is 12.1. The highest BCUT2D eigenvalue weighted by molar-refractivity contribution is 7.99. The quantitative estimate of drug-likeness (QED) is 0.594. The third-order valence-electron chi connectivity index (χ3n) is 3.36. The minimum Gasteiger partial charge on any atom is -0.414 e. The molecule has 148 valence electrons. The van der Waals surface area contributed by atoms with Crippen molar-refractivity contribution in [2.24, 2.45) is 0 Å². The molecule has 28 heavy (non-hydrogen) atoms. The van der Waals surface area contributed by atoms with Crippen LogP contribution in [0.5, 0.6) is 5.75 Å². The molecule has 0 spiro atoms. The summed E-state index contributed by atoms with van der Waals surface area (Å²) in [6.07, 6.45) is -3.10. The largest absolute Gasteiger partial charge is 0.573 e. The van der Waals surface area contributed by atoms with E-state index in [0.717, 1.165) is 29.6 Å². The molecular weight excluding hydrogens is 399 g/mol. The number of hydrogen-bond acceptors (Lipinski definition) is 7. The van der Waals surface area contributed by atoms with Crippen LogP contribution in [0.1, 0.15) is 11.6 Å². The Labute approximate surface area is 161 Å². The van der Waals surface area contributed by atoms with Crippen molar-refractivity contribution >= 4 is 23.4 Å². The zero-order valence-corrected chi connectivity index (χ0v) is 15.3. The number of carbonyl (C=O) groups excluding carboxylic acids is 1. The summed E-state index contributed by atoms with van der Waals surface area (Å²) in [7, 11) is 0. The van der Waals surface area contributed by atoms with Crippen LogP contribution in [0.2, 0.25) is 0 Å². The van der Waals surface area contributed by atoms with Gasteiger partial charge < -0.3 is 14.5 Å². The first-order valence-electron chi connectivity index (χ1n) is 7.88. The monoisotopic (exact) mass is 413 g/mol. The highest BCUT2D eigenvalue weighted by Crippen LogP contribution is 2.24. The van der Waals surface area contributed by atoms with Crippen LogP contribution < -0.4 is 10.1 Å². The fourth-order valence-corrected chi connectivity index (χ4v) is 2.70. The highest BCUT2D eigenvalue weighted by atomic mass is 32.2. The van der Waals surface area contributed by atoms with Gasteiger partial charge in [0.15, 0.2) is 0 Å². The number of benzene rings is 1. The van der Waals surface area contributed by atoms with Gasteiger partial charge in [0, 0.05) is 17.6 Å². The van der Waals surface area contributed by atoms with Crippen LogP contribution >= 0.6 is 11.8 Å². The van der Waals surface area contributed by atoms with Crippen LogP contribution in [0.3, 0.4) is 0 Å². The van der Waals surface area contributed by atoms with Crippen LogP contribution in [0.15, 0.2) is 46.2 Å². The molecule has 0 radical (unpaired) electrons. The van der Waals surface area contributed by atoms with Gasteiger partial charge in [0.05, 0.1) is 5.75 Å². The number of aromatic nitrogens is 4. The number of alkyl halides is 3. The normalized spacial score (nSPS) is 11.4. The Morgan fingerprint density at radius 1 is 1.25 bits per heavy atom. The molecule has 0 aliphatic carbocycles. The molecule has 0 saturated heterocycles. The van der Waals surface area contributed by atoms with Crippen molar-refractivity contribution < 1.29 is 27.1 Å². The molecule has 12 heteroatoms. The third kappa shape index (κ3) is 5.74. The van der Waals surface area contributed by atoms with Crippen molar-refractivity contribution in [3.05, 3.63) is 48.1 Å². The fourth-order valence-electron chi connectivity index (χ4n) is 2.12. The molecule has 1 N–H and O–H groups in total. The topological polar surface area (TPSA) is 95.1 Å². The maximum Gasteiger partial charge on any atom is 0.573 e. The number of hydrogen-bond donors (Lipinski definition) is 1. The molecule has 3 rings (SSSR count). The second kappa shape index (κ2) is 8.33. The van der Waals surface area contributed by atoms with E-state index in [1.165, 1.54) is 12.1 Å². The number of carbonyl (C=O) groups is 1. The molecule has 0 saturated carbocycles. The summed E-state index contributed by atoms with van der Waals surface area (Å²) in [5.41, 5.74) is 1.28. The van der Waals surface area contributed by atoms with Gasteiger partial charge in [-0.1, -0.05) is 11.8 Å². The Hall–Kier alpha value is -3.02. The van der Waals surface area contributed by atoms with Gasteiger partial charge >= 0.3 is 6.36 Å². The summed E-state index contributed by atoms with van der Waals surface area (Å²) >= 11 is 1.04. The first-order valence-corrected chi connectivity index (χ1v) is 8.86. The molecule has 2 aromatic heterocycles. The van der Waals surface area contributed by atoms with E-state index in [0.29, 0.717) is 18.1 Å². The predicted octanol–water partition coefficient (Wildman–Crippen LogP) is 3.25. The van der Waals surface area contributed by atoms with E-state index in [9.17, 15) is 18.0 Å². The van der Waals surface area contributed by atoms with Crippen LogP contribution in [-0.4, -0.2) is 38.0 Å². The number of nitrogens with zero attached hydrogens (tertiary/aromatic N) is 4. The molecule has 0 bridgehead atoms. The van der Waals surface area contributed by atoms with Crippen LogP contribution in [-0.2, 0) is 11.3 Å². The van der Waals surface area contributed by atoms with Gasteiger partial charge in [-0.25, -0.2) is 0 Å². The van der Waals surface area contributed by atoms with Crippen LogP contribution in [0.25, 0.3) is 0 Å². The second-order valence-corrected chi connectivity index (χ2v) is 6.43. The number of halogens is 3.